The van der Waals surface area contributed by atoms with Gasteiger partial charge in [0, 0.05) is 32.6 Å². The molecule has 0 aromatic rings. The van der Waals surface area contributed by atoms with Gasteiger partial charge in [-0.15, -0.1) is 0 Å². The van der Waals surface area contributed by atoms with Gasteiger partial charge in [0.25, 0.3) is 0 Å². The number of nitriles is 1. The maximum atomic E-state index is 11.5. The second-order valence-electron chi connectivity index (χ2n) is 3.44. The number of unbranched alkanes of at least 4 members (excludes halogenated alkanes) is 1. The van der Waals surface area contributed by atoms with E-state index in [2.05, 4.69) is 0 Å². The van der Waals surface area contributed by atoms with Crippen LogP contribution in [0.2, 0.25) is 0 Å². The maximum Gasteiger partial charge on any atom is 0.312 e. The summed E-state index contributed by atoms with van der Waals surface area (Å²) in [5, 5.41) is 8.37. The summed E-state index contributed by atoms with van der Waals surface area (Å²) in [4.78, 5) is 26.1. The first-order chi connectivity index (χ1) is 7.20. The fraction of sp³-hybridized carbons (Fsp3) is 0.700. The van der Waals surface area contributed by atoms with Crippen molar-refractivity contribution in [3.8, 4) is 6.07 Å². The van der Waals surface area contributed by atoms with Crippen molar-refractivity contribution in [1.82, 2.24) is 9.80 Å². The van der Waals surface area contributed by atoms with E-state index in [1.54, 1.807) is 4.90 Å². The summed E-state index contributed by atoms with van der Waals surface area (Å²) < 4.78 is 0. The number of carbonyl (C=O) groups is 2. The Morgan fingerprint density at radius 3 is 2.47 bits per heavy atom. The minimum atomic E-state index is -0.430. The van der Waals surface area contributed by atoms with Crippen molar-refractivity contribution in [2.24, 2.45) is 0 Å². The Morgan fingerprint density at radius 1 is 1.27 bits per heavy atom. The van der Waals surface area contributed by atoms with Crippen LogP contribution in [0.4, 0.5) is 0 Å². The van der Waals surface area contributed by atoms with Crippen molar-refractivity contribution >= 4 is 11.8 Å². The average Bonchev–Trinajstić information content (AvgIpc) is 2.25. The Balaban J connectivity index is 2.46. The van der Waals surface area contributed by atoms with Gasteiger partial charge in [0.15, 0.2) is 0 Å². The highest BCUT2D eigenvalue weighted by atomic mass is 16.2. The SMILES string of the molecule is CCN1CCN(CCCC#N)C(=O)C1=O. The van der Waals surface area contributed by atoms with Crippen LogP contribution in [0, 0.1) is 11.3 Å². The van der Waals surface area contributed by atoms with Gasteiger partial charge in [0.2, 0.25) is 0 Å². The van der Waals surface area contributed by atoms with Crippen molar-refractivity contribution in [1.29, 1.82) is 5.26 Å². The first-order valence-corrected chi connectivity index (χ1v) is 5.15. The number of likely N-dealkylation sites (N-methyl/N-ethyl adjacent to an activating group) is 1. The smallest absolute Gasteiger partial charge is 0.312 e. The van der Waals surface area contributed by atoms with Gasteiger partial charge in [-0.05, 0) is 13.3 Å². The highest BCUT2D eigenvalue weighted by Crippen LogP contribution is 2.05. The van der Waals surface area contributed by atoms with Crippen LogP contribution in [0.5, 0.6) is 0 Å². The van der Waals surface area contributed by atoms with E-state index in [0.29, 0.717) is 39.0 Å². The molecule has 5 nitrogen and oxygen atoms in total. The van der Waals surface area contributed by atoms with Crippen molar-refractivity contribution in [3.05, 3.63) is 0 Å². The summed E-state index contributed by atoms with van der Waals surface area (Å²) >= 11 is 0. The maximum absolute atomic E-state index is 11.5. The number of rotatable bonds is 4. The van der Waals surface area contributed by atoms with Gasteiger partial charge in [0.05, 0.1) is 6.07 Å². The highest BCUT2D eigenvalue weighted by molar-refractivity contribution is 6.35. The lowest BCUT2D eigenvalue weighted by Crippen LogP contribution is -2.54. The summed E-state index contributed by atoms with van der Waals surface area (Å²) in [6.45, 7) is 4.14. The molecular formula is C10H15N3O2. The van der Waals surface area contributed by atoms with Gasteiger partial charge in [0.1, 0.15) is 0 Å². The van der Waals surface area contributed by atoms with E-state index in [9.17, 15) is 9.59 Å². The molecule has 0 aromatic carbocycles. The normalized spacial score (nSPS) is 16.8. The average molecular weight is 209 g/mol. The Kier molecular flexibility index (Phi) is 4.10. The quantitative estimate of drug-likeness (QED) is 0.483. The topological polar surface area (TPSA) is 64.4 Å². The summed E-state index contributed by atoms with van der Waals surface area (Å²) in [5.41, 5.74) is 0. The van der Waals surface area contributed by atoms with Crippen LogP contribution in [0.15, 0.2) is 0 Å². The van der Waals surface area contributed by atoms with Gasteiger partial charge < -0.3 is 9.80 Å². The van der Waals surface area contributed by atoms with Crippen LogP contribution in [-0.2, 0) is 9.59 Å². The molecular weight excluding hydrogens is 194 g/mol. The molecule has 5 heteroatoms. The first-order valence-electron chi connectivity index (χ1n) is 5.15. The van der Waals surface area contributed by atoms with E-state index in [1.807, 2.05) is 13.0 Å². The van der Waals surface area contributed by atoms with Crippen molar-refractivity contribution in [2.75, 3.05) is 26.2 Å². The van der Waals surface area contributed by atoms with Crippen molar-refractivity contribution in [3.63, 3.8) is 0 Å². The number of carbonyl (C=O) groups excluding carboxylic acids is 2. The van der Waals surface area contributed by atoms with Gasteiger partial charge in [-0.3, -0.25) is 9.59 Å². The number of hydrogen-bond acceptors (Lipinski definition) is 3. The summed E-state index contributed by atoms with van der Waals surface area (Å²) in [7, 11) is 0. The molecule has 1 aliphatic heterocycles. The van der Waals surface area contributed by atoms with Crippen LogP contribution >= 0.6 is 0 Å². The number of amides is 2. The van der Waals surface area contributed by atoms with Gasteiger partial charge in [-0.2, -0.15) is 5.26 Å². The van der Waals surface area contributed by atoms with E-state index in [4.69, 9.17) is 5.26 Å². The third kappa shape index (κ3) is 2.69. The molecule has 0 aliphatic carbocycles. The van der Waals surface area contributed by atoms with Gasteiger partial charge in [-0.1, -0.05) is 0 Å². The van der Waals surface area contributed by atoms with E-state index in [-0.39, 0.29) is 0 Å². The number of piperazine rings is 1. The van der Waals surface area contributed by atoms with Crippen LogP contribution in [0.3, 0.4) is 0 Å². The molecule has 82 valence electrons. The molecule has 1 fully saturated rings. The minimum Gasteiger partial charge on any atom is -0.333 e. The summed E-state index contributed by atoms with van der Waals surface area (Å²) in [5.74, 6) is -0.846. The lowest BCUT2D eigenvalue weighted by atomic mass is 10.2. The Hall–Kier alpha value is -1.57. The fourth-order valence-corrected chi connectivity index (χ4v) is 1.58. The molecule has 0 bridgehead atoms. The molecule has 15 heavy (non-hydrogen) atoms. The number of nitrogens with zero attached hydrogens (tertiary/aromatic N) is 3. The molecule has 2 amide bonds. The van der Waals surface area contributed by atoms with E-state index >= 15 is 0 Å². The van der Waals surface area contributed by atoms with Crippen LogP contribution in [0.25, 0.3) is 0 Å². The molecule has 0 atom stereocenters. The summed E-state index contributed by atoms with van der Waals surface area (Å²) in [6.07, 6.45) is 1.07. The predicted octanol–water partition coefficient (Wildman–Crippen LogP) is -0.0191. The van der Waals surface area contributed by atoms with E-state index in [0.717, 1.165) is 0 Å². The van der Waals surface area contributed by atoms with Gasteiger partial charge in [-0.25, -0.2) is 0 Å². The molecule has 0 saturated carbocycles. The van der Waals surface area contributed by atoms with Crippen LogP contribution in [0.1, 0.15) is 19.8 Å². The second-order valence-corrected chi connectivity index (χ2v) is 3.44. The molecule has 1 heterocycles. The van der Waals surface area contributed by atoms with E-state index in [1.165, 1.54) is 4.90 Å². The molecule has 0 radical (unpaired) electrons. The zero-order valence-corrected chi connectivity index (χ0v) is 8.90. The first kappa shape index (κ1) is 11.5. The Bertz CT molecular complexity index is 296. The third-order valence-corrected chi connectivity index (χ3v) is 2.50. The fourth-order valence-electron chi connectivity index (χ4n) is 1.58. The largest absolute Gasteiger partial charge is 0.333 e. The van der Waals surface area contributed by atoms with Crippen molar-refractivity contribution in [2.45, 2.75) is 19.8 Å². The third-order valence-electron chi connectivity index (χ3n) is 2.50. The number of hydrogen-bond donors (Lipinski definition) is 0. The lowest BCUT2D eigenvalue weighted by Gasteiger charge is -2.32. The highest BCUT2D eigenvalue weighted by Gasteiger charge is 2.30. The molecule has 0 N–H and O–H groups in total. The minimum absolute atomic E-state index is 0.416. The van der Waals surface area contributed by atoms with Crippen LogP contribution in [-0.4, -0.2) is 47.8 Å². The molecule has 1 aliphatic rings. The monoisotopic (exact) mass is 209 g/mol. The van der Waals surface area contributed by atoms with E-state index < -0.39 is 11.8 Å². The molecule has 0 spiro atoms. The van der Waals surface area contributed by atoms with Crippen LogP contribution < -0.4 is 0 Å². The zero-order valence-electron chi connectivity index (χ0n) is 8.90. The molecule has 1 rings (SSSR count). The second kappa shape index (κ2) is 5.35. The predicted molar refractivity (Wildman–Crippen MR) is 53.7 cm³/mol. The zero-order chi connectivity index (χ0) is 11.3. The van der Waals surface area contributed by atoms with Crippen molar-refractivity contribution < 1.29 is 9.59 Å². The molecule has 0 aromatic heterocycles. The lowest BCUT2D eigenvalue weighted by molar-refractivity contribution is -0.155. The Labute approximate surface area is 89.3 Å². The Morgan fingerprint density at radius 2 is 1.87 bits per heavy atom. The molecule has 1 saturated heterocycles. The standard InChI is InChI=1S/C10H15N3O2/c1-2-12-7-8-13(6-4-3-5-11)10(15)9(12)14/h2-4,6-8H2,1H3. The molecule has 0 unspecified atom stereocenters. The van der Waals surface area contributed by atoms with Gasteiger partial charge >= 0.3 is 11.8 Å². The summed E-state index contributed by atoms with van der Waals surface area (Å²) in [6, 6.07) is 2.02.